The summed E-state index contributed by atoms with van der Waals surface area (Å²) < 4.78 is 45.5. The van der Waals surface area contributed by atoms with Gasteiger partial charge in [0, 0.05) is 16.3 Å². The molecule has 0 fully saturated rings. The molecule has 276 valence electrons. The third-order valence-electron chi connectivity index (χ3n) is 7.85. The van der Waals surface area contributed by atoms with Crippen LogP contribution < -0.4 is 19.3 Å². The van der Waals surface area contributed by atoms with Gasteiger partial charge in [-0.25, -0.2) is 0 Å². The number of hydrogen-bond donors (Lipinski definition) is 0. The summed E-state index contributed by atoms with van der Waals surface area (Å²) in [5.41, 5.74) is 5.11. The van der Waals surface area contributed by atoms with Crippen LogP contribution in [0.4, 0.5) is 13.2 Å². The van der Waals surface area contributed by atoms with Gasteiger partial charge < -0.3 is 19.5 Å². The van der Waals surface area contributed by atoms with Crippen molar-refractivity contribution in [2.24, 2.45) is 4.99 Å². The minimum absolute atomic E-state index is 0. The van der Waals surface area contributed by atoms with Gasteiger partial charge in [-0.15, -0.1) is 24.3 Å². The molecule has 0 unspecified atom stereocenters. The maximum atomic E-state index is 11.6. The molecule has 3 heterocycles. The van der Waals surface area contributed by atoms with Crippen molar-refractivity contribution >= 4 is 60.9 Å². The van der Waals surface area contributed by atoms with Crippen molar-refractivity contribution in [1.29, 1.82) is 0 Å². The number of alkyl halides is 3. The number of aromatic nitrogens is 7. The van der Waals surface area contributed by atoms with E-state index in [0.717, 1.165) is 77.8 Å². The van der Waals surface area contributed by atoms with Crippen molar-refractivity contribution < 1.29 is 47.5 Å². The van der Waals surface area contributed by atoms with Crippen LogP contribution in [0.2, 0.25) is 0 Å². The second kappa shape index (κ2) is 16.8. The van der Waals surface area contributed by atoms with Crippen LogP contribution in [-0.2, 0) is 24.9 Å². The van der Waals surface area contributed by atoms with Gasteiger partial charge in [0.2, 0.25) is 0 Å². The van der Waals surface area contributed by atoms with E-state index in [-0.39, 0.29) is 24.9 Å². The fraction of sp³-hybridized carbons (Fsp3) is 0.0769. The maximum absolute atomic E-state index is 11.6. The second-order valence-corrected chi connectivity index (χ2v) is 12.1. The minimum atomic E-state index is -4.91. The summed E-state index contributed by atoms with van der Waals surface area (Å²) in [7, 11) is 3.32. The van der Waals surface area contributed by atoms with Crippen molar-refractivity contribution in [2.45, 2.75) is 6.18 Å². The predicted octanol–water partition coefficient (Wildman–Crippen LogP) is 7.46. The molecule has 0 bridgehead atoms. The largest absolute Gasteiger partial charge is 3.00 e. The number of nitrogens with zero attached hydrogens (tertiary/aromatic N) is 8. The van der Waals surface area contributed by atoms with Crippen LogP contribution in [0.3, 0.4) is 0 Å². The quantitative estimate of drug-likeness (QED) is 0.167. The SMILES string of the molecule is COc1c[c-]c(-n2nc3ccccc3n2)c2ccccc12.COc1c[c-]c(-n2nc3ccccc3n2)c2ccccc12.O=C(N=c1[n-]ccs1)C(F)(F)F.[Ir+3]. The Hall–Kier alpha value is -6.22. The molecule has 55 heavy (non-hydrogen) atoms. The Balaban J connectivity index is 0.000000145. The number of benzene rings is 6. The number of hydrogen-bond acceptors (Lipinski definition) is 8. The summed E-state index contributed by atoms with van der Waals surface area (Å²) in [6.07, 6.45) is -3.64. The van der Waals surface area contributed by atoms with Crippen LogP contribution >= 0.6 is 11.3 Å². The molecule has 0 atom stereocenters. The molecular weight excluding hydrogens is 910 g/mol. The second-order valence-electron chi connectivity index (χ2n) is 11.2. The van der Waals surface area contributed by atoms with Crippen molar-refractivity contribution in [3.63, 3.8) is 0 Å². The molecule has 0 radical (unpaired) electrons. The first-order valence-electron chi connectivity index (χ1n) is 16.1. The van der Waals surface area contributed by atoms with E-state index in [4.69, 9.17) is 9.47 Å². The van der Waals surface area contributed by atoms with E-state index < -0.39 is 12.1 Å². The van der Waals surface area contributed by atoms with Crippen molar-refractivity contribution in [1.82, 2.24) is 35.0 Å². The number of carbonyl (C=O) groups is 1. The van der Waals surface area contributed by atoms with E-state index in [2.05, 4.69) is 42.5 Å². The molecule has 0 aliphatic carbocycles. The Morgan fingerprint density at radius 3 is 1.40 bits per heavy atom. The summed E-state index contributed by atoms with van der Waals surface area (Å²) in [6.45, 7) is 0. The zero-order valence-electron chi connectivity index (χ0n) is 28.7. The van der Waals surface area contributed by atoms with E-state index >= 15 is 0 Å². The van der Waals surface area contributed by atoms with Gasteiger partial charge in [0.05, 0.1) is 14.2 Å². The zero-order valence-corrected chi connectivity index (χ0v) is 31.9. The molecule has 6 aromatic carbocycles. The molecule has 9 aromatic rings. The Kier molecular flexibility index (Phi) is 11.8. The predicted molar refractivity (Wildman–Crippen MR) is 198 cm³/mol. The van der Waals surface area contributed by atoms with Gasteiger partial charge in [-0.2, -0.15) is 66.6 Å². The molecule has 0 aliphatic rings. The standard InChI is InChI=1S/2C17H12N3O.C5H3F3N2OS.Ir/c2*1-21-17-11-10-16(12-6-2-3-7-13(12)17)20-18-14-8-4-5-9-15(14)19-20;6-5(7,8)3(11)10-4-9-1-2-12-4;/h2*2-9,11H,1H3;1-2H,(H,9,10,11);/q2*-1;;+3/p-1. The van der Waals surface area contributed by atoms with Crippen LogP contribution in [0.25, 0.3) is 55.0 Å². The van der Waals surface area contributed by atoms with Gasteiger partial charge in [0.15, 0.2) is 0 Å². The van der Waals surface area contributed by atoms with Gasteiger partial charge in [0.25, 0.3) is 5.91 Å². The van der Waals surface area contributed by atoms with Crippen LogP contribution in [0, 0.1) is 12.1 Å². The molecule has 0 aliphatic heterocycles. The summed E-state index contributed by atoms with van der Waals surface area (Å²) in [4.78, 5) is 19.4. The summed E-state index contributed by atoms with van der Waals surface area (Å²) in [5, 5.41) is 23.6. The van der Waals surface area contributed by atoms with E-state index in [0.29, 0.717) is 0 Å². The Labute approximate surface area is 328 Å². The van der Waals surface area contributed by atoms with Crippen LogP contribution in [0.15, 0.2) is 126 Å². The number of halogens is 3. The Morgan fingerprint density at radius 2 is 1.05 bits per heavy atom. The van der Waals surface area contributed by atoms with E-state index in [1.165, 1.54) is 11.6 Å². The van der Waals surface area contributed by atoms with Gasteiger partial charge in [-0.1, -0.05) is 88.4 Å². The molecule has 11 nitrogen and oxygen atoms in total. The molecule has 16 heteroatoms. The summed E-state index contributed by atoms with van der Waals surface area (Å²) in [5.74, 6) is -0.533. The van der Waals surface area contributed by atoms with Gasteiger partial charge in [-0.3, -0.25) is 4.79 Å². The molecule has 0 saturated carbocycles. The average Bonchev–Trinajstić information content (AvgIpc) is 3.97. The molecule has 9 rings (SSSR count). The average molecular weight is 936 g/mol. The first-order chi connectivity index (χ1) is 26.2. The van der Waals surface area contributed by atoms with Crippen molar-refractivity contribution in [3.05, 3.63) is 138 Å². The minimum Gasteiger partial charge on any atom is -0.554 e. The molecule has 0 saturated heterocycles. The third kappa shape index (κ3) is 8.46. The summed E-state index contributed by atoms with van der Waals surface area (Å²) in [6, 6.07) is 41.8. The van der Waals surface area contributed by atoms with Crippen molar-refractivity contribution in [3.8, 4) is 22.9 Å². The number of rotatable bonds is 4. The van der Waals surface area contributed by atoms with Gasteiger partial charge in [-0.05, 0) is 41.0 Å². The number of methoxy groups -OCH3 is 2. The molecular formula is C39H26F3IrN8O3S. The fourth-order valence-electron chi connectivity index (χ4n) is 5.40. The van der Waals surface area contributed by atoms with E-state index in [1.807, 2.05) is 109 Å². The zero-order chi connectivity index (χ0) is 37.7. The van der Waals surface area contributed by atoms with Crippen molar-refractivity contribution in [2.75, 3.05) is 14.2 Å². The maximum Gasteiger partial charge on any atom is 3.00 e. The number of thiazole rings is 1. The Bertz CT molecular complexity index is 2570. The molecule has 3 aromatic heterocycles. The monoisotopic (exact) mass is 936 g/mol. The fourth-order valence-corrected chi connectivity index (χ4v) is 5.90. The molecule has 0 N–H and O–H groups in total. The Morgan fingerprint density at radius 1 is 0.673 bits per heavy atom. The third-order valence-corrected chi connectivity index (χ3v) is 8.51. The van der Waals surface area contributed by atoms with Crippen LogP contribution in [-0.4, -0.2) is 56.3 Å². The van der Waals surface area contributed by atoms with Crippen LogP contribution in [0.1, 0.15) is 0 Å². The van der Waals surface area contributed by atoms with Gasteiger partial charge >= 0.3 is 26.3 Å². The molecule has 1 amide bonds. The first kappa shape index (κ1) is 38.5. The number of carbonyl (C=O) groups excluding carboxylic acids is 1. The number of ether oxygens (including phenoxy) is 2. The topological polar surface area (TPSA) is 123 Å². The van der Waals surface area contributed by atoms with E-state index in [1.54, 1.807) is 23.8 Å². The number of amides is 1. The first-order valence-corrected chi connectivity index (χ1v) is 16.9. The normalized spacial score (nSPS) is 11.4. The summed E-state index contributed by atoms with van der Waals surface area (Å²) >= 11 is 0.869. The van der Waals surface area contributed by atoms with E-state index in [9.17, 15) is 18.0 Å². The molecule has 0 spiro atoms. The van der Waals surface area contributed by atoms with Crippen LogP contribution in [0.5, 0.6) is 11.5 Å². The number of fused-ring (bicyclic) bond motifs is 4. The van der Waals surface area contributed by atoms with Gasteiger partial charge in [0.1, 0.15) is 22.1 Å². The smallest absolute Gasteiger partial charge is 0.554 e.